The van der Waals surface area contributed by atoms with Crippen molar-refractivity contribution in [1.29, 1.82) is 0 Å². The zero-order valence-corrected chi connectivity index (χ0v) is 26.5. The fourth-order valence-corrected chi connectivity index (χ4v) is 7.23. The lowest BCUT2D eigenvalue weighted by Gasteiger charge is -2.35. The van der Waals surface area contributed by atoms with Crippen LogP contribution in [-0.4, -0.2) is 6.04 Å². The highest BCUT2D eigenvalue weighted by Gasteiger charge is 2.27. The number of benzene rings is 4. The molecule has 2 atom stereocenters. The van der Waals surface area contributed by atoms with Crippen LogP contribution in [0.1, 0.15) is 24.8 Å². The molecule has 0 N–H and O–H groups in total. The molecule has 0 heterocycles. The van der Waals surface area contributed by atoms with E-state index in [1.807, 2.05) is 0 Å². The Morgan fingerprint density at radius 3 is 2.13 bits per heavy atom. The summed E-state index contributed by atoms with van der Waals surface area (Å²) in [6, 6.07) is 37.6. The highest BCUT2D eigenvalue weighted by Crippen LogP contribution is 2.41. The molecule has 47 heavy (non-hydrogen) atoms. The first-order valence-electron chi connectivity index (χ1n) is 16.7. The monoisotopic (exact) mass is 606 g/mol. The van der Waals surface area contributed by atoms with Gasteiger partial charge in [0.1, 0.15) is 0 Å². The molecule has 2 unspecified atom stereocenters. The van der Waals surface area contributed by atoms with Crippen LogP contribution in [0.25, 0.3) is 17.7 Å². The average molecular weight is 607 g/mol. The van der Waals surface area contributed by atoms with E-state index in [9.17, 15) is 0 Å². The van der Waals surface area contributed by atoms with E-state index < -0.39 is 0 Å². The largest absolute Gasteiger partial charge is 0.334 e. The molecule has 4 aromatic rings. The van der Waals surface area contributed by atoms with E-state index in [0.29, 0.717) is 5.92 Å². The number of anilines is 4. The van der Waals surface area contributed by atoms with Crippen molar-refractivity contribution in [3.05, 3.63) is 197 Å². The summed E-state index contributed by atoms with van der Waals surface area (Å²) in [5.74, 6) is 0.351. The molecular formula is C45H38N2. The number of fused-ring (bicyclic) bond motifs is 2. The molecule has 0 saturated carbocycles. The summed E-state index contributed by atoms with van der Waals surface area (Å²) in [5.41, 5.74) is 10.00. The lowest BCUT2D eigenvalue weighted by Crippen LogP contribution is -2.37. The van der Waals surface area contributed by atoms with Gasteiger partial charge in [0.2, 0.25) is 0 Å². The lowest BCUT2D eigenvalue weighted by atomic mass is 9.84. The second-order valence-corrected chi connectivity index (χ2v) is 12.4. The Kier molecular flexibility index (Phi) is 7.99. The lowest BCUT2D eigenvalue weighted by molar-refractivity contribution is 0.709. The van der Waals surface area contributed by atoms with Gasteiger partial charge in [-0.1, -0.05) is 134 Å². The number of para-hydroxylation sites is 2. The van der Waals surface area contributed by atoms with Crippen molar-refractivity contribution >= 4 is 40.5 Å². The number of hydrogen-bond donors (Lipinski definition) is 0. The number of rotatable bonds is 7. The summed E-state index contributed by atoms with van der Waals surface area (Å²) in [6.07, 6.45) is 32.4. The van der Waals surface area contributed by atoms with Gasteiger partial charge in [0.15, 0.2) is 0 Å². The highest BCUT2D eigenvalue weighted by molar-refractivity contribution is 5.79. The number of hydrogen-bond acceptors (Lipinski definition) is 2. The predicted octanol–water partition coefficient (Wildman–Crippen LogP) is 9.85. The third-order valence-corrected chi connectivity index (χ3v) is 9.54. The minimum atomic E-state index is 0.208. The van der Waals surface area contributed by atoms with Crippen LogP contribution in [0, 0.1) is 5.92 Å². The molecule has 0 fully saturated rings. The average Bonchev–Trinajstić information content (AvgIpc) is 3.40. The molecule has 0 aliphatic heterocycles. The molecule has 8 rings (SSSR count). The van der Waals surface area contributed by atoms with Crippen LogP contribution in [0.3, 0.4) is 0 Å². The van der Waals surface area contributed by atoms with Crippen LogP contribution in [0.4, 0.5) is 22.7 Å². The van der Waals surface area contributed by atoms with E-state index in [-0.39, 0.29) is 6.04 Å². The van der Waals surface area contributed by atoms with Gasteiger partial charge in [-0.15, -0.1) is 0 Å². The molecule has 0 bridgehead atoms. The summed E-state index contributed by atoms with van der Waals surface area (Å²) in [4.78, 5) is 4.93. The molecule has 0 aromatic heterocycles. The van der Waals surface area contributed by atoms with Crippen LogP contribution in [-0.2, 0) is 0 Å². The zero-order chi connectivity index (χ0) is 31.4. The van der Waals surface area contributed by atoms with Gasteiger partial charge in [-0.3, -0.25) is 0 Å². The minimum Gasteiger partial charge on any atom is -0.334 e. The Hall–Kier alpha value is -5.60. The third-order valence-electron chi connectivity index (χ3n) is 9.54. The molecule has 2 nitrogen and oxygen atoms in total. The first-order valence-corrected chi connectivity index (χ1v) is 16.7. The Morgan fingerprint density at radius 2 is 1.34 bits per heavy atom. The molecule has 228 valence electrons. The van der Waals surface area contributed by atoms with Gasteiger partial charge in [0.25, 0.3) is 0 Å². The molecule has 0 saturated heterocycles. The van der Waals surface area contributed by atoms with E-state index in [4.69, 9.17) is 0 Å². The van der Waals surface area contributed by atoms with Gasteiger partial charge >= 0.3 is 0 Å². The summed E-state index contributed by atoms with van der Waals surface area (Å²) >= 11 is 0. The molecule has 0 radical (unpaired) electrons. The molecule has 0 amide bonds. The summed E-state index contributed by atoms with van der Waals surface area (Å²) in [5, 5.41) is 2.57. The van der Waals surface area contributed by atoms with Crippen LogP contribution < -0.4 is 20.2 Å². The molecule has 4 aliphatic rings. The smallest absolute Gasteiger partial charge is 0.0560 e. The first-order chi connectivity index (χ1) is 23.3. The van der Waals surface area contributed by atoms with E-state index in [1.165, 1.54) is 55.6 Å². The van der Waals surface area contributed by atoms with Crippen molar-refractivity contribution in [2.75, 3.05) is 9.80 Å². The van der Waals surface area contributed by atoms with Crippen LogP contribution in [0.15, 0.2) is 181 Å². The highest BCUT2D eigenvalue weighted by atomic mass is 15.2. The first kappa shape index (κ1) is 28.8. The zero-order valence-electron chi connectivity index (χ0n) is 26.5. The SMILES string of the molecule is C1=CCC=c2cccc(N(c3ccccc3)C3C=CC(c4ccc(N(C5=CC=CC6=CC=CCC65)c5ccccc5)cc4)=CC3)c2=C1. The molecule has 0 spiro atoms. The van der Waals surface area contributed by atoms with Gasteiger partial charge in [-0.05, 0) is 89.7 Å². The standard InChI is InChI=1S/C45H38N2/c1-4-14-36-16-12-24-44(42(36)22-9-1)46(38-18-5-2-6-19-38)40-30-26-34(27-31-40)35-28-32-41(33-29-35)47(39-20-7-3-8-21-39)45-25-13-17-37-15-10-11-23-43(37)45/h1-3,5-22,24-30,32-33,40,43H,4,23,31H2. The molecule has 4 aliphatic carbocycles. The summed E-state index contributed by atoms with van der Waals surface area (Å²) in [7, 11) is 0. The molecule has 2 heteroatoms. The second kappa shape index (κ2) is 13.0. The Bertz CT molecular complexity index is 2110. The van der Waals surface area contributed by atoms with Gasteiger partial charge in [0.05, 0.1) is 6.04 Å². The van der Waals surface area contributed by atoms with E-state index >= 15 is 0 Å². The van der Waals surface area contributed by atoms with Crippen LogP contribution >= 0.6 is 0 Å². The normalized spacial score (nSPS) is 19.2. The molecule has 4 aromatic carbocycles. The van der Waals surface area contributed by atoms with E-state index in [1.54, 1.807) is 0 Å². The second-order valence-electron chi connectivity index (χ2n) is 12.4. The van der Waals surface area contributed by atoms with Gasteiger partial charge in [0, 0.05) is 39.6 Å². The van der Waals surface area contributed by atoms with Crippen molar-refractivity contribution in [2.24, 2.45) is 5.92 Å². The van der Waals surface area contributed by atoms with Gasteiger partial charge in [-0.2, -0.15) is 0 Å². The van der Waals surface area contributed by atoms with Crippen molar-refractivity contribution in [2.45, 2.75) is 25.3 Å². The van der Waals surface area contributed by atoms with Gasteiger partial charge < -0.3 is 9.80 Å². The minimum absolute atomic E-state index is 0.208. The fourth-order valence-electron chi connectivity index (χ4n) is 7.23. The quantitative estimate of drug-likeness (QED) is 0.207. The van der Waals surface area contributed by atoms with E-state index in [2.05, 4.69) is 192 Å². The maximum Gasteiger partial charge on any atom is 0.0560 e. The van der Waals surface area contributed by atoms with Crippen molar-refractivity contribution in [3.8, 4) is 0 Å². The fraction of sp³-hybridized carbons (Fsp3) is 0.111. The van der Waals surface area contributed by atoms with Crippen molar-refractivity contribution < 1.29 is 0 Å². The predicted molar refractivity (Wildman–Crippen MR) is 200 cm³/mol. The Labute approximate surface area is 278 Å². The summed E-state index contributed by atoms with van der Waals surface area (Å²) in [6.45, 7) is 0. The number of allylic oxidation sites excluding steroid dienone is 11. The maximum atomic E-state index is 2.50. The van der Waals surface area contributed by atoms with Crippen LogP contribution in [0.2, 0.25) is 0 Å². The number of nitrogens with zero attached hydrogens (tertiary/aromatic N) is 2. The summed E-state index contributed by atoms with van der Waals surface area (Å²) < 4.78 is 0. The Balaban J connectivity index is 1.09. The van der Waals surface area contributed by atoms with Crippen molar-refractivity contribution in [1.82, 2.24) is 0 Å². The maximum absolute atomic E-state index is 2.50. The van der Waals surface area contributed by atoms with Crippen LogP contribution in [0.5, 0.6) is 0 Å². The van der Waals surface area contributed by atoms with Crippen molar-refractivity contribution in [3.63, 3.8) is 0 Å². The topological polar surface area (TPSA) is 6.48 Å². The van der Waals surface area contributed by atoms with E-state index in [0.717, 1.165) is 19.3 Å². The molecular weight excluding hydrogens is 569 g/mol. The van der Waals surface area contributed by atoms with Gasteiger partial charge in [-0.25, -0.2) is 0 Å². The Morgan fingerprint density at radius 1 is 0.574 bits per heavy atom. The third kappa shape index (κ3) is 5.79.